The van der Waals surface area contributed by atoms with Crippen LogP contribution < -0.4 is 10.6 Å². The first kappa shape index (κ1) is 14.6. The molecule has 0 aliphatic heterocycles. The predicted octanol–water partition coefficient (Wildman–Crippen LogP) is 3.07. The third-order valence-corrected chi connectivity index (χ3v) is 3.50. The molecule has 0 saturated carbocycles. The van der Waals surface area contributed by atoms with Crippen molar-refractivity contribution in [3.05, 3.63) is 35.5 Å². The molecule has 0 unspecified atom stereocenters. The van der Waals surface area contributed by atoms with Crippen molar-refractivity contribution in [3.63, 3.8) is 0 Å². The molecular weight excluding hydrogens is 274 g/mol. The summed E-state index contributed by atoms with van der Waals surface area (Å²) < 4.78 is 0. The van der Waals surface area contributed by atoms with Gasteiger partial charge in [-0.15, -0.1) is 0 Å². The maximum absolute atomic E-state index is 11.8. The lowest BCUT2D eigenvalue weighted by atomic mass is 9.92. The van der Waals surface area contributed by atoms with Gasteiger partial charge in [0.2, 0.25) is 5.91 Å². The fourth-order valence-corrected chi connectivity index (χ4v) is 2.18. The number of carbonyl (C=O) groups excluding carboxylic acids is 1. The molecule has 0 aliphatic carbocycles. The van der Waals surface area contributed by atoms with Gasteiger partial charge in [-0.25, -0.2) is 0 Å². The average molecular weight is 292 g/mol. The molecule has 20 heavy (non-hydrogen) atoms. The van der Waals surface area contributed by atoms with Gasteiger partial charge in [-0.1, -0.05) is 11.6 Å². The minimum Gasteiger partial charge on any atom is -0.383 e. The first-order valence-electron chi connectivity index (χ1n) is 6.44. The van der Waals surface area contributed by atoms with Gasteiger partial charge in [0, 0.05) is 35.9 Å². The summed E-state index contributed by atoms with van der Waals surface area (Å²) in [5.41, 5.74) is 1.29. The molecule has 4 nitrogen and oxygen atoms in total. The normalized spacial score (nSPS) is 11.4. The number of hydrogen-bond donors (Lipinski definition) is 2. The second-order valence-electron chi connectivity index (χ2n) is 5.34. The fraction of sp³-hybridized carbons (Fsp3) is 0.333. The van der Waals surface area contributed by atoms with Crippen molar-refractivity contribution in [2.24, 2.45) is 5.41 Å². The highest BCUT2D eigenvalue weighted by molar-refractivity contribution is 6.31. The Morgan fingerprint density at radius 3 is 2.80 bits per heavy atom. The Kier molecular flexibility index (Phi) is 4.14. The number of nitrogens with zero attached hydrogens (tertiary/aromatic N) is 1. The Hall–Kier alpha value is -1.81. The number of benzene rings is 1. The number of halogens is 1. The van der Waals surface area contributed by atoms with Crippen LogP contribution in [0.15, 0.2) is 30.5 Å². The molecule has 2 N–H and O–H groups in total. The minimum atomic E-state index is -0.489. The summed E-state index contributed by atoms with van der Waals surface area (Å²) in [7, 11) is 1.65. The number of amides is 1. The zero-order valence-corrected chi connectivity index (χ0v) is 12.6. The Bertz CT molecular complexity index is 640. The van der Waals surface area contributed by atoms with Crippen LogP contribution in [0.5, 0.6) is 0 Å². The van der Waals surface area contributed by atoms with Gasteiger partial charge in [-0.2, -0.15) is 0 Å². The lowest BCUT2D eigenvalue weighted by Gasteiger charge is -2.23. The molecule has 106 valence electrons. The molecule has 1 amide bonds. The lowest BCUT2D eigenvalue weighted by molar-refractivity contribution is -0.128. The molecule has 0 atom stereocenters. The van der Waals surface area contributed by atoms with E-state index in [1.165, 1.54) is 0 Å². The first-order valence-corrected chi connectivity index (χ1v) is 6.82. The van der Waals surface area contributed by atoms with Crippen molar-refractivity contribution >= 4 is 34.1 Å². The molecular formula is C15H18ClN3O. The van der Waals surface area contributed by atoms with Crippen LogP contribution >= 0.6 is 11.6 Å². The maximum Gasteiger partial charge on any atom is 0.227 e. The van der Waals surface area contributed by atoms with Gasteiger partial charge in [-0.05, 0) is 38.1 Å². The molecule has 2 rings (SSSR count). The standard InChI is InChI=1S/C15H18ClN3O/c1-15(2,14(20)17-3)9-19-12-6-7-18-13-8-10(16)4-5-11(12)13/h4-8H,9H2,1-3H3,(H,17,20)(H,18,19). The van der Waals surface area contributed by atoms with Crippen molar-refractivity contribution in [2.75, 3.05) is 18.9 Å². The predicted molar refractivity (Wildman–Crippen MR) is 83.1 cm³/mol. The van der Waals surface area contributed by atoms with E-state index in [1.807, 2.05) is 38.1 Å². The molecule has 0 bridgehead atoms. The highest BCUT2D eigenvalue weighted by atomic mass is 35.5. The van der Waals surface area contributed by atoms with E-state index in [-0.39, 0.29) is 5.91 Å². The number of hydrogen-bond acceptors (Lipinski definition) is 3. The van der Waals surface area contributed by atoms with E-state index < -0.39 is 5.41 Å². The van der Waals surface area contributed by atoms with Crippen molar-refractivity contribution in [1.82, 2.24) is 10.3 Å². The van der Waals surface area contributed by atoms with Crippen LogP contribution in [0.25, 0.3) is 10.9 Å². The van der Waals surface area contributed by atoms with Crippen LogP contribution in [0.2, 0.25) is 5.02 Å². The largest absolute Gasteiger partial charge is 0.383 e. The summed E-state index contributed by atoms with van der Waals surface area (Å²) in [5.74, 6) is 0.00593. The Morgan fingerprint density at radius 2 is 2.10 bits per heavy atom. The Morgan fingerprint density at radius 1 is 1.35 bits per heavy atom. The van der Waals surface area contributed by atoms with Crippen LogP contribution in [-0.4, -0.2) is 24.5 Å². The Balaban J connectivity index is 2.24. The van der Waals surface area contributed by atoms with Crippen LogP contribution in [0.3, 0.4) is 0 Å². The quantitative estimate of drug-likeness (QED) is 0.910. The molecule has 5 heteroatoms. The summed E-state index contributed by atoms with van der Waals surface area (Å²) in [5, 5.41) is 7.65. The summed E-state index contributed by atoms with van der Waals surface area (Å²) in [6.07, 6.45) is 1.73. The molecule has 1 heterocycles. The van der Waals surface area contributed by atoms with E-state index in [4.69, 9.17) is 11.6 Å². The van der Waals surface area contributed by atoms with E-state index in [2.05, 4.69) is 15.6 Å². The van der Waals surface area contributed by atoms with Gasteiger partial charge in [0.1, 0.15) is 0 Å². The Labute approximate surface area is 123 Å². The summed E-state index contributed by atoms with van der Waals surface area (Å²) in [4.78, 5) is 16.1. The summed E-state index contributed by atoms with van der Waals surface area (Å²) >= 11 is 5.97. The molecule has 2 aromatic rings. The van der Waals surface area contributed by atoms with E-state index in [0.717, 1.165) is 16.6 Å². The minimum absolute atomic E-state index is 0.00593. The fourth-order valence-electron chi connectivity index (χ4n) is 2.01. The second kappa shape index (κ2) is 5.67. The lowest BCUT2D eigenvalue weighted by Crippen LogP contribution is -2.39. The molecule has 0 radical (unpaired) electrons. The second-order valence-corrected chi connectivity index (χ2v) is 5.77. The smallest absolute Gasteiger partial charge is 0.227 e. The number of anilines is 1. The monoisotopic (exact) mass is 291 g/mol. The number of pyridine rings is 1. The van der Waals surface area contributed by atoms with Gasteiger partial charge >= 0.3 is 0 Å². The van der Waals surface area contributed by atoms with Gasteiger partial charge in [-0.3, -0.25) is 9.78 Å². The van der Waals surface area contributed by atoms with E-state index in [9.17, 15) is 4.79 Å². The molecule has 1 aromatic heterocycles. The SMILES string of the molecule is CNC(=O)C(C)(C)CNc1ccnc2cc(Cl)ccc12. The number of aromatic nitrogens is 1. The molecule has 0 spiro atoms. The van der Waals surface area contributed by atoms with Crippen LogP contribution in [-0.2, 0) is 4.79 Å². The summed E-state index contributed by atoms with van der Waals surface area (Å²) in [6, 6.07) is 7.49. The van der Waals surface area contributed by atoms with Gasteiger partial charge < -0.3 is 10.6 Å². The van der Waals surface area contributed by atoms with Crippen LogP contribution in [0.4, 0.5) is 5.69 Å². The highest BCUT2D eigenvalue weighted by Crippen LogP contribution is 2.25. The zero-order valence-electron chi connectivity index (χ0n) is 11.8. The molecule has 0 fully saturated rings. The third-order valence-electron chi connectivity index (χ3n) is 3.27. The van der Waals surface area contributed by atoms with Crippen molar-refractivity contribution in [3.8, 4) is 0 Å². The van der Waals surface area contributed by atoms with Gasteiger partial charge in [0.05, 0.1) is 10.9 Å². The molecule has 1 aromatic carbocycles. The summed E-state index contributed by atoms with van der Waals surface area (Å²) in [6.45, 7) is 4.34. The van der Waals surface area contributed by atoms with Crippen molar-refractivity contribution in [1.29, 1.82) is 0 Å². The van der Waals surface area contributed by atoms with Crippen LogP contribution in [0.1, 0.15) is 13.8 Å². The molecule has 0 saturated heterocycles. The number of nitrogens with one attached hydrogen (secondary N) is 2. The van der Waals surface area contributed by atoms with E-state index in [1.54, 1.807) is 13.2 Å². The average Bonchev–Trinajstić information content (AvgIpc) is 2.43. The van der Waals surface area contributed by atoms with Gasteiger partial charge in [0.15, 0.2) is 0 Å². The molecule has 0 aliphatic rings. The number of carbonyl (C=O) groups is 1. The van der Waals surface area contributed by atoms with E-state index >= 15 is 0 Å². The zero-order chi connectivity index (χ0) is 14.8. The van der Waals surface area contributed by atoms with Crippen molar-refractivity contribution in [2.45, 2.75) is 13.8 Å². The number of rotatable bonds is 4. The first-order chi connectivity index (χ1) is 9.44. The van der Waals surface area contributed by atoms with Crippen molar-refractivity contribution < 1.29 is 4.79 Å². The van der Waals surface area contributed by atoms with E-state index in [0.29, 0.717) is 11.6 Å². The third kappa shape index (κ3) is 3.02. The number of fused-ring (bicyclic) bond motifs is 1. The highest BCUT2D eigenvalue weighted by Gasteiger charge is 2.26. The topological polar surface area (TPSA) is 54.0 Å². The maximum atomic E-state index is 11.8. The van der Waals surface area contributed by atoms with Gasteiger partial charge in [0.25, 0.3) is 0 Å². The van der Waals surface area contributed by atoms with Crippen LogP contribution in [0, 0.1) is 5.41 Å².